The molecule has 1 N–H and O–H groups in total. The van der Waals surface area contributed by atoms with E-state index in [-0.39, 0.29) is 17.5 Å². The second-order valence-corrected chi connectivity index (χ2v) is 6.65. The second-order valence-electron chi connectivity index (χ2n) is 6.65. The number of morpholine rings is 1. The fourth-order valence-corrected chi connectivity index (χ4v) is 2.98. The van der Waals surface area contributed by atoms with Gasteiger partial charge in [-0.2, -0.15) is 0 Å². The number of carbonyl (C=O) groups is 1. The quantitative estimate of drug-likeness (QED) is 0.732. The molecule has 1 saturated heterocycles. The number of allylic oxidation sites excluding steroid dienone is 1. The van der Waals surface area contributed by atoms with Gasteiger partial charge in [-0.25, -0.2) is 0 Å². The summed E-state index contributed by atoms with van der Waals surface area (Å²) in [6, 6.07) is 5.64. The van der Waals surface area contributed by atoms with Gasteiger partial charge in [0, 0.05) is 19.5 Å². The van der Waals surface area contributed by atoms with Crippen LogP contribution in [0.1, 0.15) is 39.2 Å². The zero-order chi connectivity index (χ0) is 18.3. The van der Waals surface area contributed by atoms with E-state index in [9.17, 15) is 4.79 Å². The fraction of sp³-hybridized carbons (Fsp3) is 0.550. The lowest BCUT2D eigenvalue weighted by Crippen LogP contribution is -2.51. The van der Waals surface area contributed by atoms with Gasteiger partial charge >= 0.3 is 0 Å². The Bertz CT molecular complexity index is 614. The number of rotatable bonds is 8. The van der Waals surface area contributed by atoms with Crippen LogP contribution in [0.3, 0.4) is 0 Å². The zero-order valence-corrected chi connectivity index (χ0v) is 15.6. The van der Waals surface area contributed by atoms with Crippen molar-refractivity contribution in [2.24, 2.45) is 0 Å². The summed E-state index contributed by atoms with van der Waals surface area (Å²) in [6.45, 7) is 8.26. The summed E-state index contributed by atoms with van der Waals surface area (Å²) in [7, 11) is 1.61. The van der Waals surface area contributed by atoms with Crippen LogP contribution in [0, 0.1) is 0 Å². The summed E-state index contributed by atoms with van der Waals surface area (Å²) in [5, 5.41) is 3.35. The van der Waals surface area contributed by atoms with Crippen LogP contribution in [-0.2, 0) is 9.53 Å². The first-order valence-electron chi connectivity index (χ1n) is 8.86. The highest BCUT2D eigenvalue weighted by molar-refractivity contribution is 5.93. The molecule has 0 spiro atoms. The van der Waals surface area contributed by atoms with Crippen LogP contribution in [0.25, 0.3) is 6.08 Å². The maximum Gasteiger partial charge on any atom is 0.161 e. The molecule has 1 heterocycles. The van der Waals surface area contributed by atoms with E-state index < -0.39 is 0 Å². The van der Waals surface area contributed by atoms with E-state index in [1.807, 2.05) is 38.1 Å². The van der Waals surface area contributed by atoms with E-state index in [1.165, 1.54) is 0 Å². The van der Waals surface area contributed by atoms with Gasteiger partial charge in [-0.3, -0.25) is 4.79 Å². The highest BCUT2D eigenvalue weighted by atomic mass is 16.5. The normalized spacial score (nSPS) is 23.6. The number of ether oxygens (including phenoxy) is 3. The van der Waals surface area contributed by atoms with Gasteiger partial charge < -0.3 is 19.5 Å². The Labute approximate surface area is 150 Å². The number of hydrogen-bond acceptors (Lipinski definition) is 5. The molecule has 1 aliphatic heterocycles. The lowest BCUT2D eigenvalue weighted by atomic mass is 9.96. The molecule has 0 saturated carbocycles. The van der Waals surface area contributed by atoms with Crippen molar-refractivity contribution in [2.75, 3.05) is 26.8 Å². The lowest BCUT2D eigenvalue weighted by molar-refractivity contribution is -0.121. The smallest absolute Gasteiger partial charge is 0.161 e. The van der Waals surface area contributed by atoms with Crippen molar-refractivity contribution < 1.29 is 19.0 Å². The number of ketones is 1. The molecule has 25 heavy (non-hydrogen) atoms. The lowest BCUT2D eigenvalue weighted by Gasteiger charge is -2.38. The first kappa shape index (κ1) is 19.5. The number of benzene rings is 1. The Morgan fingerprint density at radius 1 is 1.44 bits per heavy atom. The molecule has 2 rings (SSSR count). The van der Waals surface area contributed by atoms with Crippen molar-refractivity contribution in [3.8, 4) is 11.5 Å². The molecular formula is C20H29NO4. The molecule has 138 valence electrons. The topological polar surface area (TPSA) is 56.8 Å². The Kier molecular flexibility index (Phi) is 7.02. The predicted octanol–water partition coefficient (Wildman–Crippen LogP) is 3.22. The number of hydrogen-bond donors (Lipinski definition) is 1. The highest BCUT2D eigenvalue weighted by Crippen LogP contribution is 2.28. The van der Waals surface area contributed by atoms with Gasteiger partial charge in [-0.1, -0.05) is 12.1 Å². The summed E-state index contributed by atoms with van der Waals surface area (Å²) in [5.74, 6) is 1.47. The highest BCUT2D eigenvalue weighted by Gasteiger charge is 2.31. The minimum absolute atomic E-state index is 0.0934. The number of carbonyl (C=O) groups excluding carboxylic acids is 1. The zero-order valence-electron chi connectivity index (χ0n) is 15.6. The van der Waals surface area contributed by atoms with Crippen LogP contribution in [0.15, 0.2) is 24.3 Å². The minimum Gasteiger partial charge on any atom is -0.493 e. The standard InChI is InChI=1S/C20H29NO4/c1-5-24-18-9-7-16(12-19(18)23-4)6-8-17(22)10-11-20(3)14-21-13-15(2)25-20/h6-9,12,15,21H,5,10-11,13-14H2,1-4H3/b8-6+. The average Bonchev–Trinajstić information content (AvgIpc) is 2.59. The van der Waals surface area contributed by atoms with Crippen LogP contribution < -0.4 is 14.8 Å². The van der Waals surface area contributed by atoms with Crippen molar-refractivity contribution in [3.63, 3.8) is 0 Å². The monoisotopic (exact) mass is 347 g/mol. The van der Waals surface area contributed by atoms with E-state index in [0.717, 1.165) is 18.7 Å². The minimum atomic E-state index is -0.274. The van der Waals surface area contributed by atoms with E-state index in [2.05, 4.69) is 12.2 Å². The maximum atomic E-state index is 12.2. The molecule has 2 unspecified atom stereocenters. The Balaban J connectivity index is 1.91. The molecule has 5 heteroatoms. The molecule has 0 radical (unpaired) electrons. The van der Waals surface area contributed by atoms with Gasteiger partial charge in [0.2, 0.25) is 0 Å². The Hall–Kier alpha value is -1.85. The van der Waals surface area contributed by atoms with E-state index in [1.54, 1.807) is 13.2 Å². The van der Waals surface area contributed by atoms with Gasteiger partial charge in [0.15, 0.2) is 17.3 Å². The summed E-state index contributed by atoms with van der Waals surface area (Å²) < 4.78 is 16.8. The number of nitrogens with one attached hydrogen (secondary N) is 1. The van der Waals surface area contributed by atoms with Crippen LogP contribution in [0.4, 0.5) is 0 Å². The van der Waals surface area contributed by atoms with Crippen LogP contribution in [0.2, 0.25) is 0 Å². The van der Waals surface area contributed by atoms with Crippen LogP contribution in [-0.4, -0.2) is 44.3 Å². The molecule has 0 aliphatic carbocycles. The second kappa shape index (κ2) is 9.02. The molecule has 0 bridgehead atoms. The van der Waals surface area contributed by atoms with Crippen molar-refractivity contribution in [3.05, 3.63) is 29.8 Å². The van der Waals surface area contributed by atoms with E-state index in [4.69, 9.17) is 14.2 Å². The third-order valence-corrected chi connectivity index (χ3v) is 4.27. The summed E-state index contributed by atoms with van der Waals surface area (Å²) >= 11 is 0. The van der Waals surface area contributed by atoms with E-state index in [0.29, 0.717) is 30.9 Å². The first-order chi connectivity index (χ1) is 12.0. The summed E-state index contributed by atoms with van der Waals surface area (Å²) in [6.07, 6.45) is 4.79. The van der Waals surface area contributed by atoms with Gasteiger partial charge in [0.1, 0.15) is 0 Å². The molecule has 1 aliphatic rings. The van der Waals surface area contributed by atoms with E-state index >= 15 is 0 Å². The predicted molar refractivity (Wildman–Crippen MR) is 99.3 cm³/mol. The summed E-state index contributed by atoms with van der Waals surface area (Å²) in [5.41, 5.74) is 0.632. The average molecular weight is 347 g/mol. The SMILES string of the molecule is CCOc1ccc(/C=C/C(=O)CCC2(C)CNCC(C)O2)cc1OC. The molecule has 0 amide bonds. The van der Waals surface area contributed by atoms with Gasteiger partial charge in [0.05, 0.1) is 25.4 Å². The van der Waals surface area contributed by atoms with Gasteiger partial charge in [0.25, 0.3) is 0 Å². The van der Waals surface area contributed by atoms with Gasteiger partial charge in [-0.15, -0.1) is 0 Å². The summed E-state index contributed by atoms with van der Waals surface area (Å²) in [4.78, 5) is 12.2. The largest absolute Gasteiger partial charge is 0.493 e. The van der Waals surface area contributed by atoms with Crippen molar-refractivity contribution >= 4 is 11.9 Å². The van der Waals surface area contributed by atoms with Crippen molar-refractivity contribution in [1.82, 2.24) is 5.32 Å². The molecule has 0 aromatic heterocycles. The molecular weight excluding hydrogens is 318 g/mol. The Morgan fingerprint density at radius 2 is 2.24 bits per heavy atom. The van der Waals surface area contributed by atoms with Crippen LogP contribution >= 0.6 is 0 Å². The number of methoxy groups -OCH3 is 1. The molecule has 2 atom stereocenters. The van der Waals surface area contributed by atoms with Gasteiger partial charge in [-0.05, 0) is 51.0 Å². The molecule has 5 nitrogen and oxygen atoms in total. The molecule has 1 aromatic rings. The third kappa shape index (κ3) is 5.87. The van der Waals surface area contributed by atoms with Crippen LogP contribution in [0.5, 0.6) is 11.5 Å². The maximum absolute atomic E-state index is 12.2. The first-order valence-corrected chi connectivity index (χ1v) is 8.86. The Morgan fingerprint density at radius 3 is 2.92 bits per heavy atom. The van der Waals surface area contributed by atoms with Crippen molar-refractivity contribution in [1.29, 1.82) is 0 Å². The fourth-order valence-electron chi connectivity index (χ4n) is 2.98. The molecule has 1 aromatic carbocycles. The molecule has 1 fully saturated rings. The van der Waals surface area contributed by atoms with Crippen molar-refractivity contribution in [2.45, 2.75) is 45.3 Å². The third-order valence-electron chi connectivity index (χ3n) is 4.27.